The molecule has 0 aliphatic carbocycles. The third-order valence-corrected chi connectivity index (χ3v) is 4.77. The lowest BCUT2D eigenvalue weighted by atomic mass is 10.0. The van der Waals surface area contributed by atoms with E-state index >= 15 is 0 Å². The molecular formula is C17H24F2N4O. The minimum Gasteiger partial charge on any atom is -0.335 e. The van der Waals surface area contributed by atoms with Gasteiger partial charge in [-0.2, -0.15) is 0 Å². The van der Waals surface area contributed by atoms with Crippen molar-refractivity contribution in [2.45, 2.75) is 31.4 Å². The molecular weight excluding hydrogens is 314 g/mol. The summed E-state index contributed by atoms with van der Waals surface area (Å²) in [7, 11) is 3.80. The lowest BCUT2D eigenvalue weighted by molar-refractivity contribution is -0.0114. The van der Waals surface area contributed by atoms with Crippen LogP contribution in [0.5, 0.6) is 0 Å². The number of carbonyl (C=O) groups is 1. The highest BCUT2D eigenvalue weighted by Gasteiger charge is 2.50. The van der Waals surface area contributed by atoms with Gasteiger partial charge in [0, 0.05) is 50.0 Å². The molecule has 24 heavy (non-hydrogen) atoms. The first-order valence-corrected chi connectivity index (χ1v) is 8.25. The smallest absolute Gasteiger partial charge is 0.262 e. The fraction of sp³-hybridized carbons (Fsp3) is 0.647. The number of likely N-dealkylation sites (tertiary alicyclic amines) is 2. The minimum absolute atomic E-state index is 0.0192. The number of hydrogen-bond donors (Lipinski definition) is 0. The predicted molar refractivity (Wildman–Crippen MR) is 87.3 cm³/mol. The number of nitrogens with zero attached hydrogens (tertiary/aromatic N) is 4. The van der Waals surface area contributed by atoms with Crippen molar-refractivity contribution >= 4 is 5.91 Å². The molecule has 1 atom stereocenters. The molecule has 2 saturated heterocycles. The van der Waals surface area contributed by atoms with Gasteiger partial charge in [0.15, 0.2) is 0 Å². The van der Waals surface area contributed by atoms with E-state index in [1.54, 1.807) is 23.2 Å². The highest BCUT2D eigenvalue weighted by Crippen LogP contribution is 2.35. The van der Waals surface area contributed by atoms with E-state index in [2.05, 4.69) is 4.98 Å². The number of pyridine rings is 1. The summed E-state index contributed by atoms with van der Waals surface area (Å²) in [6, 6.07) is 3.43. The minimum atomic E-state index is -2.63. The number of carbonyl (C=O) groups excluding carboxylic acids is 1. The molecule has 2 aliphatic heterocycles. The number of halogens is 2. The molecule has 5 nitrogen and oxygen atoms in total. The van der Waals surface area contributed by atoms with E-state index in [4.69, 9.17) is 0 Å². The molecule has 1 aromatic heterocycles. The van der Waals surface area contributed by atoms with E-state index in [1.165, 1.54) is 0 Å². The number of rotatable bonds is 4. The Morgan fingerprint density at radius 1 is 1.38 bits per heavy atom. The fourth-order valence-corrected chi connectivity index (χ4v) is 3.55. The van der Waals surface area contributed by atoms with Gasteiger partial charge in [0.1, 0.15) is 0 Å². The van der Waals surface area contributed by atoms with Crippen molar-refractivity contribution in [3.05, 3.63) is 29.6 Å². The Hall–Kier alpha value is -1.60. The Morgan fingerprint density at radius 3 is 2.67 bits per heavy atom. The van der Waals surface area contributed by atoms with Gasteiger partial charge in [-0.25, -0.2) is 8.78 Å². The van der Waals surface area contributed by atoms with Crippen LogP contribution in [0, 0.1) is 6.92 Å². The normalized spacial score (nSPS) is 24.4. The maximum Gasteiger partial charge on any atom is 0.262 e. The average molecular weight is 338 g/mol. The molecule has 2 fully saturated rings. The first-order valence-electron chi connectivity index (χ1n) is 8.25. The highest BCUT2D eigenvalue weighted by atomic mass is 19.3. The van der Waals surface area contributed by atoms with Crippen molar-refractivity contribution in [2.24, 2.45) is 0 Å². The summed E-state index contributed by atoms with van der Waals surface area (Å²) >= 11 is 0. The lowest BCUT2D eigenvalue weighted by Gasteiger charge is -2.46. The van der Waals surface area contributed by atoms with Crippen LogP contribution < -0.4 is 0 Å². The zero-order valence-corrected chi connectivity index (χ0v) is 14.4. The van der Waals surface area contributed by atoms with Crippen molar-refractivity contribution in [1.82, 2.24) is 19.7 Å². The number of aromatic nitrogens is 1. The van der Waals surface area contributed by atoms with Crippen LogP contribution in [0.15, 0.2) is 18.3 Å². The molecule has 2 aliphatic rings. The van der Waals surface area contributed by atoms with E-state index in [-0.39, 0.29) is 31.0 Å². The Bertz CT molecular complexity index is 599. The van der Waals surface area contributed by atoms with Crippen LogP contribution in [-0.4, -0.2) is 83.9 Å². The Labute approximate surface area is 141 Å². The molecule has 0 aromatic carbocycles. The van der Waals surface area contributed by atoms with Gasteiger partial charge < -0.3 is 9.80 Å². The quantitative estimate of drug-likeness (QED) is 0.834. The van der Waals surface area contributed by atoms with Gasteiger partial charge in [0.25, 0.3) is 11.8 Å². The van der Waals surface area contributed by atoms with Crippen molar-refractivity contribution < 1.29 is 13.6 Å². The van der Waals surface area contributed by atoms with Gasteiger partial charge in [0.05, 0.1) is 12.1 Å². The van der Waals surface area contributed by atoms with Gasteiger partial charge in [0.2, 0.25) is 0 Å². The van der Waals surface area contributed by atoms with Crippen LogP contribution in [-0.2, 0) is 0 Å². The Kier molecular flexibility index (Phi) is 4.57. The maximum atomic E-state index is 13.8. The number of likely N-dealkylation sites (N-methyl/N-ethyl adjacent to an activating group) is 1. The van der Waals surface area contributed by atoms with Crippen molar-refractivity contribution in [1.29, 1.82) is 0 Å². The van der Waals surface area contributed by atoms with Crippen LogP contribution in [0.4, 0.5) is 8.78 Å². The van der Waals surface area contributed by atoms with E-state index in [0.717, 1.165) is 5.69 Å². The zero-order chi connectivity index (χ0) is 17.5. The maximum absolute atomic E-state index is 13.8. The Morgan fingerprint density at radius 2 is 2.08 bits per heavy atom. The number of hydrogen-bond acceptors (Lipinski definition) is 4. The van der Waals surface area contributed by atoms with Crippen LogP contribution >= 0.6 is 0 Å². The molecule has 0 unspecified atom stereocenters. The number of aryl methyl sites for hydroxylation is 1. The van der Waals surface area contributed by atoms with Crippen LogP contribution in [0.25, 0.3) is 0 Å². The van der Waals surface area contributed by atoms with Gasteiger partial charge in [-0.05, 0) is 33.2 Å². The summed E-state index contributed by atoms with van der Waals surface area (Å²) in [5, 5.41) is 0. The van der Waals surface area contributed by atoms with E-state index < -0.39 is 5.92 Å². The summed E-state index contributed by atoms with van der Waals surface area (Å²) in [6.07, 6.45) is 1.47. The van der Waals surface area contributed by atoms with Crippen LogP contribution in [0.3, 0.4) is 0 Å². The molecule has 0 radical (unpaired) electrons. The van der Waals surface area contributed by atoms with Gasteiger partial charge in [-0.1, -0.05) is 0 Å². The van der Waals surface area contributed by atoms with E-state index in [1.807, 2.05) is 30.8 Å². The first kappa shape index (κ1) is 17.2. The number of amides is 1. The van der Waals surface area contributed by atoms with E-state index in [9.17, 15) is 13.6 Å². The molecule has 0 saturated carbocycles. The SMILES string of the molecule is Cc1ccc(C(=O)N2CC(N3CC(F)(F)C[C@H]3CN(C)C)C2)cn1. The molecule has 7 heteroatoms. The van der Waals surface area contributed by atoms with Crippen LogP contribution in [0.2, 0.25) is 0 Å². The summed E-state index contributed by atoms with van der Waals surface area (Å²) in [5.41, 5.74) is 1.41. The third kappa shape index (κ3) is 3.57. The molecule has 1 aromatic rings. The molecule has 132 valence electrons. The summed E-state index contributed by atoms with van der Waals surface area (Å²) in [5.74, 6) is -2.71. The second-order valence-electron chi connectivity index (χ2n) is 7.20. The largest absolute Gasteiger partial charge is 0.335 e. The van der Waals surface area contributed by atoms with Gasteiger partial charge in [-0.3, -0.25) is 14.7 Å². The Balaban J connectivity index is 1.60. The van der Waals surface area contributed by atoms with Crippen molar-refractivity contribution in [3.63, 3.8) is 0 Å². The molecule has 3 heterocycles. The fourth-order valence-electron chi connectivity index (χ4n) is 3.55. The summed E-state index contributed by atoms with van der Waals surface area (Å²) in [4.78, 5) is 22.1. The van der Waals surface area contributed by atoms with Crippen molar-refractivity contribution in [3.8, 4) is 0 Å². The molecule has 1 amide bonds. The second-order valence-corrected chi connectivity index (χ2v) is 7.20. The van der Waals surface area contributed by atoms with Crippen LogP contribution in [0.1, 0.15) is 22.5 Å². The van der Waals surface area contributed by atoms with E-state index in [0.29, 0.717) is 25.2 Å². The summed E-state index contributed by atoms with van der Waals surface area (Å²) in [6.45, 7) is 3.29. The molecule has 3 rings (SSSR count). The topological polar surface area (TPSA) is 39.7 Å². The lowest BCUT2D eigenvalue weighted by Crippen LogP contribution is -2.63. The van der Waals surface area contributed by atoms with Gasteiger partial charge in [-0.15, -0.1) is 0 Å². The number of alkyl halides is 2. The molecule has 0 bridgehead atoms. The third-order valence-electron chi connectivity index (χ3n) is 4.77. The molecule has 0 N–H and O–H groups in total. The molecule has 0 spiro atoms. The van der Waals surface area contributed by atoms with Crippen molar-refractivity contribution in [2.75, 3.05) is 40.3 Å². The first-order chi connectivity index (χ1) is 11.2. The van der Waals surface area contributed by atoms with Gasteiger partial charge >= 0.3 is 0 Å². The monoisotopic (exact) mass is 338 g/mol. The predicted octanol–water partition coefficient (Wildman–Crippen LogP) is 1.49. The second kappa shape index (κ2) is 6.37. The highest BCUT2D eigenvalue weighted by molar-refractivity contribution is 5.94. The standard InChI is InChI=1S/C17H24F2N4O/c1-12-4-5-13(7-20-12)16(24)22-9-15(10-22)23-11-17(18,19)6-14(23)8-21(2)3/h4-5,7,14-15H,6,8-11H2,1-3H3/t14-/m0/s1. The summed E-state index contributed by atoms with van der Waals surface area (Å²) < 4.78 is 27.7. The zero-order valence-electron chi connectivity index (χ0n) is 14.4. The average Bonchev–Trinajstić information content (AvgIpc) is 2.71.